The number of hydrogen-bond acceptors (Lipinski definition) is 10. The third kappa shape index (κ3) is 3.83. The number of halogens is 1. The summed E-state index contributed by atoms with van der Waals surface area (Å²) in [6.45, 7) is 10.7. The molecule has 2 N–H and O–H groups in total. The van der Waals surface area contributed by atoms with Gasteiger partial charge in [-0.25, -0.2) is 11.0 Å². The molecule has 7 rings (SSSR count). The molecule has 0 amide bonds. The number of thioether (sulfide) groups is 1. The summed E-state index contributed by atoms with van der Waals surface area (Å²) < 4.78 is 20.5. The van der Waals surface area contributed by atoms with Crippen molar-refractivity contribution in [1.82, 2.24) is 19.9 Å². The predicted molar refractivity (Wildman–Crippen MR) is 143 cm³/mol. The van der Waals surface area contributed by atoms with Crippen molar-refractivity contribution < 1.29 is 9.13 Å². The molecule has 1 saturated carbocycles. The second kappa shape index (κ2) is 8.67. The molecule has 2 atom stereocenters. The monoisotopic (exact) mass is 552 g/mol. The second-order valence-corrected chi connectivity index (χ2v) is 13.7. The molecule has 12 heteroatoms. The van der Waals surface area contributed by atoms with E-state index in [0.29, 0.717) is 60.1 Å². The van der Waals surface area contributed by atoms with Crippen LogP contribution in [-0.2, 0) is 11.8 Å². The van der Waals surface area contributed by atoms with Crippen molar-refractivity contribution >= 4 is 34.0 Å². The van der Waals surface area contributed by atoms with E-state index in [1.54, 1.807) is 11.3 Å². The fraction of sp³-hybridized carbons (Fsp3) is 0.654. The first-order chi connectivity index (χ1) is 18.4. The SMILES string of the molecule is [C-]#[N+]C1(CSc2nc(OC[C@@]34CCCN3C[C@H](F)C4)nc(N3CC4(CCc5sc(N)c(C#N)c54)C3)n2)CC1. The van der Waals surface area contributed by atoms with Gasteiger partial charge in [0.25, 0.3) is 0 Å². The molecule has 2 aliphatic carbocycles. The molecule has 2 aromatic rings. The molecule has 0 radical (unpaired) electrons. The van der Waals surface area contributed by atoms with Crippen LogP contribution in [0.5, 0.6) is 6.01 Å². The number of rotatable bonds is 7. The lowest BCUT2D eigenvalue weighted by Crippen LogP contribution is -2.59. The molecule has 5 aliphatic rings. The molecule has 4 fully saturated rings. The van der Waals surface area contributed by atoms with Crippen molar-refractivity contribution in [1.29, 1.82) is 5.26 Å². The van der Waals surface area contributed by atoms with Gasteiger partial charge in [0.2, 0.25) is 11.5 Å². The summed E-state index contributed by atoms with van der Waals surface area (Å²) >= 11 is 3.02. The van der Waals surface area contributed by atoms with Crippen molar-refractivity contribution in [2.24, 2.45) is 0 Å². The van der Waals surface area contributed by atoms with Gasteiger partial charge in [0.05, 0.1) is 16.9 Å². The summed E-state index contributed by atoms with van der Waals surface area (Å²) in [6, 6.07) is 2.59. The zero-order valence-corrected chi connectivity index (χ0v) is 22.7. The van der Waals surface area contributed by atoms with Crippen molar-refractivity contribution in [2.45, 2.75) is 72.8 Å². The van der Waals surface area contributed by atoms with Crippen LogP contribution in [0.25, 0.3) is 4.85 Å². The molecule has 198 valence electrons. The number of nitrogens with two attached hydrogens (primary N) is 1. The molecule has 3 aliphatic heterocycles. The summed E-state index contributed by atoms with van der Waals surface area (Å²) in [5.74, 6) is 1.20. The van der Waals surface area contributed by atoms with Gasteiger partial charge in [-0.05, 0) is 37.8 Å². The number of thiophene rings is 1. The van der Waals surface area contributed by atoms with Crippen LogP contribution in [-0.4, -0.2) is 75.6 Å². The molecule has 5 heterocycles. The number of nitriles is 1. The zero-order valence-electron chi connectivity index (χ0n) is 21.1. The van der Waals surface area contributed by atoms with Gasteiger partial charge in [-0.2, -0.15) is 20.2 Å². The Balaban J connectivity index is 1.13. The fourth-order valence-corrected chi connectivity index (χ4v) is 9.02. The van der Waals surface area contributed by atoms with Gasteiger partial charge in [0.1, 0.15) is 23.8 Å². The van der Waals surface area contributed by atoms with Crippen LogP contribution in [0.3, 0.4) is 0 Å². The average Bonchev–Trinajstić information content (AvgIpc) is 3.07. The lowest BCUT2D eigenvalue weighted by molar-refractivity contribution is 0.106. The number of nitrogens with zero attached hydrogens (tertiary/aromatic N) is 7. The van der Waals surface area contributed by atoms with E-state index < -0.39 is 6.17 Å². The van der Waals surface area contributed by atoms with Crippen LogP contribution < -0.4 is 15.4 Å². The number of fused-ring (bicyclic) bond motifs is 3. The normalized spacial score (nSPS) is 28.0. The highest BCUT2D eigenvalue weighted by Gasteiger charge is 2.53. The van der Waals surface area contributed by atoms with Crippen LogP contribution in [0.2, 0.25) is 0 Å². The van der Waals surface area contributed by atoms with Crippen LogP contribution in [0.4, 0.5) is 15.3 Å². The maximum Gasteiger partial charge on any atom is 0.322 e. The standard InChI is InChI=1S/C26H29FN8OS2/c1-30-25(6-7-25)15-37-23-32-21(31-22(33-23)36-14-26-4-2-8-35(26)11-16(27)9-26)34-12-24(13-34)5-3-18-19(24)17(10-28)20(29)38-18/h16H,2-9,11-15,29H2/t16-,26+/m1/s1. The number of aryl methyl sites for hydroxylation is 1. The van der Waals surface area contributed by atoms with Gasteiger partial charge < -0.3 is 20.2 Å². The lowest BCUT2D eigenvalue weighted by atomic mass is 9.74. The third-order valence-corrected chi connectivity index (χ3v) is 11.3. The van der Waals surface area contributed by atoms with Crippen LogP contribution >= 0.6 is 23.1 Å². The highest BCUT2D eigenvalue weighted by Crippen LogP contribution is 2.52. The Kier molecular flexibility index (Phi) is 5.56. The average molecular weight is 553 g/mol. The van der Waals surface area contributed by atoms with Crippen LogP contribution in [0.1, 0.15) is 54.5 Å². The molecule has 0 bridgehead atoms. The van der Waals surface area contributed by atoms with E-state index in [0.717, 1.165) is 50.6 Å². The Morgan fingerprint density at radius 1 is 1.26 bits per heavy atom. The van der Waals surface area contributed by atoms with E-state index in [1.165, 1.54) is 16.6 Å². The van der Waals surface area contributed by atoms with Gasteiger partial charge in [0, 0.05) is 49.2 Å². The number of hydrogen-bond donors (Lipinski definition) is 1. The quantitative estimate of drug-likeness (QED) is 0.407. The summed E-state index contributed by atoms with van der Waals surface area (Å²) in [6.07, 6.45) is 5.40. The number of ether oxygens (including phenoxy) is 1. The molecule has 0 unspecified atom stereocenters. The molecule has 38 heavy (non-hydrogen) atoms. The number of alkyl halides is 1. The van der Waals surface area contributed by atoms with E-state index in [4.69, 9.17) is 27.0 Å². The van der Waals surface area contributed by atoms with E-state index in [-0.39, 0.29) is 22.5 Å². The fourth-order valence-electron chi connectivity index (χ4n) is 6.84. The van der Waals surface area contributed by atoms with E-state index in [1.807, 2.05) is 0 Å². The van der Waals surface area contributed by atoms with Gasteiger partial charge in [-0.3, -0.25) is 4.90 Å². The first-order valence-corrected chi connectivity index (χ1v) is 15.0. The van der Waals surface area contributed by atoms with Gasteiger partial charge in [-0.1, -0.05) is 11.8 Å². The summed E-state index contributed by atoms with van der Waals surface area (Å²) in [5.41, 5.74) is 7.22. The Hall–Kier alpha value is -2.67. The number of aromatic nitrogens is 3. The number of nitrogen functional groups attached to an aromatic ring is 1. The highest BCUT2D eigenvalue weighted by molar-refractivity contribution is 7.99. The molecule has 1 spiro atoms. The second-order valence-electron chi connectivity index (χ2n) is 11.6. The van der Waals surface area contributed by atoms with Crippen molar-refractivity contribution in [3.05, 3.63) is 27.4 Å². The summed E-state index contributed by atoms with van der Waals surface area (Å²) in [7, 11) is 0. The molecule has 3 saturated heterocycles. The Morgan fingerprint density at radius 3 is 2.87 bits per heavy atom. The smallest absolute Gasteiger partial charge is 0.322 e. The predicted octanol–water partition coefficient (Wildman–Crippen LogP) is 3.59. The number of anilines is 2. The minimum Gasteiger partial charge on any atom is -0.461 e. The van der Waals surface area contributed by atoms with Gasteiger partial charge in [0.15, 0.2) is 5.16 Å². The van der Waals surface area contributed by atoms with Crippen molar-refractivity contribution in [2.75, 3.05) is 49.2 Å². The van der Waals surface area contributed by atoms with Crippen molar-refractivity contribution in [3.8, 4) is 12.1 Å². The highest BCUT2D eigenvalue weighted by atomic mass is 32.2. The van der Waals surface area contributed by atoms with Crippen molar-refractivity contribution in [3.63, 3.8) is 0 Å². The molecule has 9 nitrogen and oxygen atoms in total. The van der Waals surface area contributed by atoms with E-state index in [2.05, 4.69) is 25.7 Å². The van der Waals surface area contributed by atoms with E-state index in [9.17, 15) is 9.65 Å². The zero-order chi connectivity index (χ0) is 26.1. The molecule has 2 aromatic heterocycles. The maximum atomic E-state index is 14.3. The minimum atomic E-state index is -0.819. The molecule has 0 aromatic carbocycles. The van der Waals surface area contributed by atoms with Gasteiger partial charge >= 0.3 is 6.01 Å². The molecular weight excluding hydrogens is 523 g/mol. The Bertz CT molecular complexity index is 1370. The largest absolute Gasteiger partial charge is 0.461 e. The summed E-state index contributed by atoms with van der Waals surface area (Å²) in [5, 5.41) is 10.9. The first kappa shape index (κ1) is 24.4. The van der Waals surface area contributed by atoms with Gasteiger partial charge in [-0.15, -0.1) is 11.3 Å². The molecular formula is C26H29FN8OS2. The lowest BCUT2D eigenvalue weighted by Gasteiger charge is -2.48. The van der Waals surface area contributed by atoms with E-state index >= 15 is 0 Å². The third-order valence-electron chi connectivity index (χ3n) is 9.10. The topological polar surface area (TPSA) is 109 Å². The Labute approximate surface area is 229 Å². The summed E-state index contributed by atoms with van der Waals surface area (Å²) in [4.78, 5) is 23.4. The maximum absolute atomic E-state index is 14.3. The van der Waals surface area contributed by atoms with Crippen LogP contribution in [0, 0.1) is 17.9 Å². The minimum absolute atomic E-state index is 0.0963. The first-order valence-electron chi connectivity index (χ1n) is 13.2. The van der Waals surface area contributed by atoms with Crippen LogP contribution in [0.15, 0.2) is 5.16 Å². The Morgan fingerprint density at radius 2 is 2.11 bits per heavy atom.